The summed E-state index contributed by atoms with van der Waals surface area (Å²) < 4.78 is 0. The molecule has 1 saturated carbocycles. The van der Waals surface area contributed by atoms with Crippen molar-refractivity contribution in [3.8, 4) is 0 Å². The third kappa shape index (κ3) is 3.19. The maximum atomic E-state index is 11.9. The van der Waals surface area contributed by atoms with Crippen molar-refractivity contribution < 1.29 is 4.79 Å². The van der Waals surface area contributed by atoms with Gasteiger partial charge < -0.3 is 11.1 Å². The van der Waals surface area contributed by atoms with Gasteiger partial charge in [-0.05, 0) is 43.7 Å². The van der Waals surface area contributed by atoms with Crippen LogP contribution in [-0.2, 0) is 0 Å². The summed E-state index contributed by atoms with van der Waals surface area (Å²) in [5, 5.41) is 3.03. The number of anilines is 1. The van der Waals surface area contributed by atoms with Gasteiger partial charge in [-0.1, -0.05) is 6.92 Å². The number of nitrogens with zero attached hydrogens (tertiary/aromatic N) is 1. The molecule has 1 aliphatic carbocycles. The molecule has 1 aliphatic rings. The SMILES string of the molecule is CC1CCC(NC(=O)c2ccc(N)cn2)CC1. The van der Waals surface area contributed by atoms with Gasteiger partial charge in [0.05, 0.1) is 11.9 Å². The molecule has 1 aromatic heterocycles. The van der Waals surface area contributed by atoms with Crippen LogP contribution in [0.1, 0.15) is 43.1 Å². The molecule has 1 fully saturated rings. The van der Waals surface area contributed by atoms with Crippen LogP contribution in [-0.4, -0.2) is 16.9 Å². The average molecular weight is 233 g/mol. The summed E-state index contributed by atoms with van der Waals surface area (Å²) in [5.41, 5.74) is 6.55. The normalized spacial score (nSPS) is 24.3. The quantitative estimate of drug-likeness (QED) is 0.820. The molecule has 0 aromatic carbocycles. The van der Waals surface area contributed by atoms with E-state index in [1.54, 1.807) is 12.1 Å². The number of hydrogen-bond donors (Lipinski definition) is 2. The van der Waals surface area contributed by atoms with Gasteiger partial charge in [0, 0.05) is 6.04 Å². The van der Waals surface area contributed by atoms with Crippen LogP contribution in [0, 0.1) is 5.92 Å². The second-order valence-electron chi connectivity index (χ2n) is 4.91. The summed E-state index contributed by atoms with van der Waals surface area (Å²) in [6.45, 7) is 2.26. The Balaban J connectivity index is 1.91. The molecule has 4 heteroatoms. The van der Waals surface area contributed by atoms with Gasteiger partial charge in [0.2, 0.25) is 0 Å². The van der Waals surface area contributed by atoms with Crippen LogP contribution < -0.4 is 11.1 Å². The zero-order chi connectivity index (χ0) is 12.3. The van der Waals surface area contributed by atoms with Crippen molar-refractivity contribution in [2.75, 3.05) is 5.73 Å². The first kappa shape index (κ1) is 11.9. The highest BCUT2D eigenvalue weighted by molar-refractivity contribution is 5.92. The molecule has 0 saturated heterocycles. The fourth-order valence-corrected chi connectivity index (χ4v) is 2.20. The summed E-state index contributed by atoms with van der Waals surface area (Å²) in [7, 11) is 0. The highest BCUT2D eigenvalue weighted by Gasteiger charge is 2.20. The largest absolute Gasteiger partial charge is 0.397 e. The van der Waals surface area contributed by atoms with E-state index in [1.807, 2.05) is 0 Å². The number of nitrogens with one attached hydrogen (secondary N) is 1. The Labute approximate surface area is 102 Å². The van der Waals surface area contributed by atoms with E-state index in [1.165, 1.54) is 19.0 Å². The number of hydrogen-bond acceptors (Lipinski definition) is 3. The topological polar surface area (TPSA) is 68.0 Å². The molecule has 0 radical (unpaired) electrons. The van der Waals surface area contributed by atoms with Crippen LogP contribution in [0.15, 0.2) is 18.3 Å². The summed E-state index contributed by atoms with van der Waals surface area (Å²) >= 11 is 0. The van der Waals surface area contributed by atoms with E-state index < -0.39 is 0 Å². The lowest BCUT2D eigenvalue weighted by Gasteiger charge is -2.26. The van der Waals surface area contributed by atoms with Crippen LogP contribution in [0.25, 0.3) is 0 Å². The standard InChI is InChI=1S/C13H19N3O/c1-9-2-5-11(6-3-9)16-13(17)12-7-4-10(14)8-15-12/h4,7-9,11H,2-3,5-6,14H2,1H3,(H,16,17). The second kappa shape index (κ2) is 5.17. The molecule has 2 rings (SSSR count). The Morgan fingerprint density at radius 2 is 2.06 bits per heavy atom. The van der Waals surface area contributed by atoms with Crippen molar-refractivity contribution in [1.29, 1.82) is 0 Å². The fourth-order valence-electron chi connectivity index (χ4n) is 2.20. The third-order valence-corrected chi connectivity index (χ3v) is 3.37. The molecule has 0 bridgehead atoms. The summed E-state index contributed by atoms with van der Waals surface area (Å²) in [6, 6.07) is 3.67. The van der Waals surface area contributed by atoms with Gasteiger partial charge in [-0.15, -0.1) is 0 Å². The van der Waals surface area contributed by atoms with E-state index in [2.05, 4.69) is 17.2 Å². The van der Waals surface area contributed by atoms with Crippen molar-refractivity contribution in [3.63, 3.8) is 0 Å². The molecule has 4 nitrogen and oxygen atoms in total. The Morgan fingerprint density at radius 1 is 1.35 bits per heavy atom. The minimum absolute atomic E-state index is 0.0930. The molecule has 17 heavy (non-hydrogen) atoms. The molecule has 92 valence electrons. The summed E-state index contributed by atoms with van der Waals surface area (Å²) in [6.07, 6.45) is 6.04. The predicted octanol–water partition coefficient (Wildman–Crippen LogP) is 1.97. The van der Waals surface area contributed by atoms with Crippen molar-refractivity contribution in [2.24, 2.45) is 5.92 Å². The van der Waals surface area contributed by atoms with Crippen LogP contribution >= 0.6 is 0 Å². The van der Waals surface area contributed by atoms with Crippen molar-refractivity contribution in [2.45, 2.75) is 38.6 Å². The van der Waals surface area contributed by atoms with E-state index in [0.29, 0.717) is 17.4 Å². The summed E-state index contributed by atoms with van der Waals surface area (Å²) in [5.74, 6) is 0.697. The van der Waals surface area contributed by atoms with Crippen LogP contribution in [0.4, 0.5) is 5.69 Å². The monoisotopic (exact) mass is 233 g/mol. The number of aromatic nitrogens is 1. The number of carbonyl (C=O) groups excluding carboxylic acids is 1. The van der Waals surface area contributed by atoms with Gasteiger partial charge in [0.1, 0.15) is 5.69 Å². The molecule has 0 aliphatic heterocycles. The van der Waals surface area contributed by atoms with Crippen LogP contribution in [0.2, 0.25) is 0 Å². The first-order valence-corrected chi connectivity index (χ1v) is 6.17. The molecule has 0 spiro atoms. The molecule has 0 unspecified atom stereocenters. The molecule has 3 N–H and O–H groups in total. The minimum Gasteiger partial charge on any atom is -0.397 e. The van der Waals surface area contributed by atoms with Gasteiger partial charge in [0.25, 0.3) is 5.91 Å². The van der Waals surface area contributed by atoms with Gasteiger partial charge in [-0.25, -0.2) is 4.98 Å². The second-order valence-corrected chi connectivity index (χ2v) is 4.91. The smallest absolute Gasteiger partial charge is 0.270 e. The van der Waals surface area contributed by atoms with Gasteiger partial charge in [-0.3, -0.25) is 4.79 Å². The Bertz CT molecular complexity index is 380. The lowest BCUT2D eigenvalue weighted by molar-refractivity contribution is 0.0918. The highest BCUT2D eigenvalue weighted by Crippen LogP contribution is 2.23. The number of nitrogen functional groups attached to an aromatic ring is 1. The third-order valence-electron chi connectivity index (χ3n) is 3.37. The lowest BCUT2D eigenvalue weighted by atomic mass is 9.87. The lowest BCUT2D eigenvalue weighted by Crippen LogP contribution is -2.37. The Morgan fingerprint density at radius 3 is 2.65 bits per heavy atom. The van der Waals surface area contributed by atoms with Crippen LogP contribution in [0.5, 0.6) is 0 Å². The number of rotatable bonds is 2. The van der Waals surface area contributed by atoms with Crippen molar-refractivity contribution in [3.05, 3.63) is 24.0 Å². The number of carbonyl (C=O) groups is 1. The van der Waals surface area contributed by atoms with E-state index in [0.717, 1.165) is 18.8 Å². The zero-order valence-corrected chi connectivity index (χ0v) is 10.1. The Kier molecular flexibility index (Phi) is 3.61. The molecule has 1 aromatic rings. The number of amides is 1. The maximum Gasteiger partial charge on any atom is 0.270 e. The van der Waals surface area contributed by atoms with Crippen molar-refractivity contribution >= 4 is 11.6 Å². The first-order valence-electron chi connectivity index (χ1n) is 6.17. The number of pyridine rings is 1. The highest BCUT2D eigenvalue weighted by atomic mass is 16.1. The zero-order valence-electron chi connectivity index (χ0n) is 10.1. The molecule has 1 heterocycles. The Hall–Kier alpha value is -1.58. The van der Waals surface area contributed by atoms with Gasteiger partial charge in [0.15, 0.2) is 0 Å². The first-order chi connectivity index (χ1) is 8.15. The fraction of sp³-hybridized carbons (Fsp3) is 0.538. The molecule has 1 amide bonds. The molecular weight excluding hydrogens is 214 g/mol. The molecular formula is C13H19N3O. The number of nitrogens with two attached hydrogens (primary N) is 1. The minimum atomic E-state index is -0.0930. The summed E-state index contributed by atoms with van der Waals surface area (Å²) in [4.78, 5) is 15.9. The van der Waals surface area contributed by atoms with E-state index in [4.69, 9.17) is 5.73 Å². The van der Waals surface area contributed by atoms with E-state index in [9.17, 15) is 4.79 Å². The average Bonchev–Trinajstić information content (AvgIpc) is 2.33. The van der Waals surface area contributed by atoms with E-state index >= 15 is 0 Å². The van der Waals surface area contributed by atoms with Crippen molar-refractivity contribution in [1.82, 2.24) is 10.3 Å². The van der Waals surface area contributed by atoms with Crippen LogP contribution in [0.3, 0.4) is 0 Å². The maximum absolute atomic E-state index is 11.9. The molecule has 0 atom stereocenters. The van der Waals surface area contributed by atoms with E-state index in [-0.39, 0.29) is 5.91 Å². The van der Waals surface area contributed by atoms with Gasteiger partial charge in [-0.2, -0.15) is 0 Å². The van der Waals surface area contributed by atoms with Gasteiger partial charge >= 0.3 is 0 Å². The predicted molar refractivity (Wildman–Crippen MR) is 67.5 cm³/mol.